The monoisotopic (exact) mass is 234 g/mol. The molecule has 0 aliphatic heterocycles. The van der Waals surface area contributed by atoms with Crippen molar-refractivity contribution in [3.05, 3.63) is 40.6 Å². The van der Waals surface area contributed by atoms with Gasteiger partial charge in [0.25, 0.3) is 0 Å². The Labute approximate surface area is 99.0 Å². The number of benzene rings is 1. The number of hydrogen-bond acceptors (Lipinski definition) is 4. The molecular formula is C12H14N2O3. The first-order valence-electron chi connectivity index (χ1n) is 4.89. The average Bonchev–Trinajstić information content (AvgIpc) is 2.30. The molecule has 0 spiro atoms. The summed E-state index contributed by atoms with van der Waals surface area (Å²) in [6, 6.07) is 4.64. The van der Waals surface area contributed by atoms with Crippen molar-refractivity contribution in [2.45, 2.75) is 6.92 Å². The Morgan fingerprint density at radius 2 is 2.18 bits per heavy atom. The molecular weight excluding hydrogens is 220 g/mol. The molecule has 0 heterocycles. The van der Waals surface area contributed by atoms with E-state index in [4.69, 9.17) is 21.0 Å². The third kappa shape index (κ3) is 2.63. The van der Waals surface area contributed by atoms with E-state index in [1.807, 2.05) is 6.92 Å². The van der Waals surface area contributed by atoms with Gasteiger partial charge in [0.1, 0.15) is 0 Å². The average molecular weight is 234 g/mol. The van der Waals surface area contributed by atoms with Crippen molar-refractivity contribution in [2.75, 3.05) is 7.11 Å². The van der Waals surface area contributed by atoms with Crippen molar-refractivity contribution in [3.63, 3.8) is 0 Å². The van der Waals surface area contributed by atoms with E-state index >= 15 is 0 Å². The van der Waals surface area contributed by atoms with Crippen molar-refractivity contribution in [2.24, 2.45) is 5.73 Å². The molecule has 0 amide bonds. The highest BCUT2D eigenvalue weighted by atomic mass is 16.5. The van der Waals surface area contributed by atoms with Gasteiger partial charge in [-0.3, -0.25) is 0 Å². The molecule has 0 fully saturated rings. The SMILES string of the molecule is CO/C(C=N)=C(/N)c1cc(C(=O)O)ccc1C. The van der Waals surface area contributed by atoms with Crippen LogP contribution in [0.15, 0.2) is 24.0 Å². The van der Waals surface area contributed by atoms with Crippen LogP contribution in [0, 0.1) is 12.3 Å². The van der Waals surface area contributed by atoms with Crippen molar-refractivity contribution < 1.29 is 14.6 Å². The minimum Gasteiger partial charge on any atom is -0.493 e. The van der Waals surface area contributed by atoms with Gasteiger partial charge in [-0.15, -0.1) is 0 Å². The zero-order valence-corrected chi connectivity index (χ0v) is 9.65. The predicted octanol–water partition coefficient (Wildman–Crippen LogP) is 1.62. The van der Waals surface area contributed by atoms with Crippen LogP contribution in [0.5, 0.6) is 0 Å². The quantitative estimate of drug-likeness (QED) is 0.544. The molecule has 5 heteroatoms. The molecule has 0 unspecified atom stereocenters. The third-order valence-electron chi connectivity index (χ3n) is 2.39. The number of carbonyl (C=O) groups is 1. The fourth-order valence-electron chi connectivity index (χ4n) is 1.42. The van der Waals surface area contributed by atoms with Gasteiger partial charge in [-0.2, -0.15) is 0 Å². The minimum atomic E-state index is -1.02. The molecule has 0 saturated heterocycles. The van der Waals surface area contributed by atoms with Crippen molar-refractivity contribution in [3.8, 4) is 0 Å². The van der Waals surface area contributed by atoms with Crippen molar-refractivity contribution in [1.29, 1.82) is 5.41 Å². The van der Waals surface area contributed by atoms with Gasteiger partial charge in [0.2, 0.25) is 0 Å². The summed E-state index contributed by atoms with van der Waals surface area (Å²) in [6.45, 7) is 1.81. The lowest BCUT2D eigenvalue weighted by atomic mass is 10.0. The molecule has 0 atom stereocenters. The summed E-state index contributed by atoms with van der Waals surface area (Å²) in [4.78, 5) is 10.9. The largest absolute Gasteiger partial charge is 0.493 e. The first-order valence-corrected chi connectivity index (χ1v) is 4.89. The van der Waals surface area contributed by atoms with E-state index in [-0.39, 0.29) is 17.0 Å². The number of allylic oxidation sites excluding steroid dienone is 1. The van der Waals surface area contributed by atoms with E-state index in [2.05, 4.69) is 0 Å². The van der Waals surface area contributed by atoms with Crippen LogP contribution in [0.2, 0.25) is 0 Å². The van der Waals surface area contributed by atoms with Gasteiger partial charge in [-0.1, -0.05) is 6.07 Å². The van der Waals surface area contributed by atoms with Gasteiger partial charge in [0, 0.05) is 5.56 Å². The summed E-state index contributed by atoms with van der Waals surface area (Å²) in [6.07, 6.45) is 0.988. The highest BCUT2D eigenvalue weighted by Crippen LogP contribution is 2.19. The standard InChI is InChI=1S/C12H14N2O3/c1-7-3-4-8(12(15)16)5-9(7)11(14)10(6-13)17-2/h3-6,13H,14H2,1-2H3,(H,15,16)/b11-10+,13-6?. The molecule has 0 aliphatic carbocycles. The summed E-state index contributed by atoms with van der Waals surface area (Å²) >= 11 is 0. The van der Waals surface area contributed by atoms with Gasteiger partial charge >= 0.3 is 5.97 Å². The van der Waals surface area contributed by atoms with Crippen LogP contribution in [0.1, 0.15) is 21.5 Å². The van der Waals surface area contributed by atoms with Gasteiger partial charge in [-0.25, -0.2) is 4.79 Å². The third-order valence-corrected chi connectivity index (χ3v) is 2.39. The van der Waals surface area contributed by atoms with Crippen molar-refractivity contribution >= 4 is 17.9 Å². The second-order valence-corrected chi connectivity index (χ2v) is 3.46. The van der Waals surface area contributed by atoms with E-state index < -0.39 is 5.97 Å². The van der Waals surface area contributed by atoms with Crippen LogP contribution >= 0.6 is 0 Å². The number of nitrogens with one attached hydrogen (secondary N) is 1. The fourth-order valence-corrected chi connectivity index (χ4v) is 1.42. The van der Waals surface area contributed by atoms with E-state index in [9.17, 15) is 4.79 Å². The lowest BCUT2D eigenvalue weighted by Gasteiger charge is -2.10. The summed E-state index contributed by atoms with van der Waals surface area (Å²) in [5, 5.41) is 16.0. The number of rotatable bonds is 4. The topological polar surface area (TPSA) is 96.4 Å². The number of ether oxygens (including phenoxy) is 1. The second-order valence-electron chi connectivity index (χ2n) is 3.46. The zero-order chi connectivity index (χ0) is 13.0. The van der Waals surface area contributed by atoms with E-state index in [1.54, 1.807) is 6.07 Å². The highest BCUT2D eigenvalue weighted by Gasteiger charge is 2.11. The van der Waals surface area contributed by atoms with Crippen LogP contribution in [-0.2, 0) is 4.74 Å². The lowest BCUT2D eigenvalue weighted by molar-refractivity contribution is 0.0697. The summed E-state index contributed by atoms with van der Waals surface area (Å²) in [5.74, 6) is -0.816. The number of carboxylic acid groups (broad SMARTS) is 1. The first kappa shape index (κ1) is 12.8. The number of nitrogens with two attached hydrogens (primary N) is 1. The summed E-state index contributed by atoms with van der Waals surface area (Å²) < 4.78 is 4.94. The molecule has 0 aromatic heterocycles. The van der Waals surface area contributed by atoms with Crippen LogP contribution in [0.25, 0.3) is 5.70 Å². The van der Waals surface area contributed by atoms with Crippen LogP contribution in [-0.4, -0.2) is 24.4 Å². The van der Waals surface area contributed by atoms with Crippen LogP contribution in [0.4, 0.5) is 0 Å². The molecule has 17 heavy (non-hydrogen) atoms. The fraction of sp³-hybridized carbons (Fsp3) is 0.167. The van der Waals surface area contributed by atoms with E-state index in [1.165, 1.54) is 19.2 Å². The van der Waals surface area contributed by atoms with Gasteiger partial charge in [0.05, 0.1) is 24.6 Å². The maximum atomic E-state index is 10.9. The molecule has 1 aromatic carbocycles. The van der Waals surface area contributed by atoms with Crippen LogP contribution in [0.3, 0.4) is 0 Å². The number of aromatic carboxylic acids is 1. The molecule has 4 N–H and O–H groups in total. The molecule has 5 nitrogen and oxygen atoms in total. The minimum absolute atomic E-state index is 0.147. The van der Waals surface area contributed by atoms with Gasteiger partial charge < -0.3 is 21.0 Å². The Balaban J connectivity index is 3.39. The second kappa shape index (κ2) is 5.16. The maximum Gasteiger partial charge on any atom is 0.335 e. The lowest BCUT2D eigenvalue weighted by Crippen LogP contribution is -2.07. The number of methoxy groups -OCH3 is 1. The Hall–Kier alpha value is -2.30. The molecule has 1 rings (SSSR count). The summed E-state index contributed by atoms with van der Waals surface area (Å²) in [5.41, 5.74) is 7.62. The maximum absolute atomic E-state index is 10.9. The van der Waals surface area contributed by atoms with E-state index in [0.29, 0.717) is 5.56 Å². The molecule has 1 aromatic rings. The molecule has 0 bridgehead atoms. The summed E-state index contributed by atoms with van der Waals surface area (Å²) in [7, 11) is 1.41. The Morgan fingerprint density at radius 3 is 2.65 bits per heavy atom. The normalized spacial score (nSPS) is 11.6. The highest BCUT2D eigenvalue weighted by molar-refractivity contribution is 5.91. The molecule has 0 aliphatic rings. The number of hydrogen-bond donors (Lipinski definition) is 3. The van der Waals surface area contributed by atoms with Crippen molar-refractivity contribution in [1.82, 2.24) is 0 Å². The first-order chi connectivity index (χ1) is 8.01. The molecule has 0 radical (unpaired) electrons. The molecule has 0 saturated carbocycles. The van der Waals surface area contributed by atoms with Gasteiger partial charge in [-0.05, 0) is 24.6 Å². The molecule has 90 valence electrons. The zero-order valence-electron chi connectivity index (χ0n) is 9.65. The number of carboxylic acids is 1. The predicted molar refractivity (Wildman–Crippen MR) is 65.0 cm³/mol. The van der Waals surface area contributed by atoms with Gasteiger partial charge in [0.15, 0.2) is 5.76 Å². The van der Waals surface area contributed by atoms with E-state index in [0.717, 1.165) is 11.8 Å². The number of aryl methyl sites for hydroxylation is 1. The van der Waals surface area contributed by atoms with Crippen LogP contribution < -0.4 is 5.73 Å². The Kier molecular flexibility index (Phi) is 3.87. The smallest absolute Gasteiger partial charge is 0.335 e. The Bertz CT molecular complexity index is 493. The Morgan fingerprint density at radius 1 is 1.53 bits per heavy atom.